The summed E-state index contributed by atoms with van der Waals surface area (Å²) in [6, 6.07) is 12.2. The van der Waals surface area contributed by atoms with Gasteiger partial charge in [0.1, 0.15) is 17.4 Å². The molecule has 0 aliphatic rings. The number of halogens is 1. The van der Waals surface area contributed by atoms with E-state index in [0.29, 0.717) is 23.7 Å². The van der Waals surface area contributed by atoms with E-state index in [0.717, 1.165) is 27.7 Å². The van der Waals surface area contributed by atoms with E-state index >= 15 is 0 Å². The van der Waals surface area contributed by atoms with Crippen LogP contribution in [0.15, 0.2) is 61.1 Å². The van der Waals surface area contributed by atoms with Crippen molar-refractivity contribution in [3.8, 4) is 0 Å². The molecule has 158 valence electrons. The number of carbonyl (C=O) groups is 2. The van der Waals surface area contributed by atoms with Gasteiger partial charge in [0.25, 0.3) is 5.91 Å². The largest absolute Gasteiger partial charge is 0.357 e. The van der Waals surface area contributed by atoms with Crippen molar-refractivity contribution in [1.29, 1.82) is 0 Å². The van der Waals surface area contributed by atoms with E-state index < -0.39 is 6.04 Å². The molecule has 0 saturated heterocycles. The number of nitrogens with zero attached hydrogens (tertiary/aromatic N) is 1. The minimum absolute atomic E-state index is 0.276. The first kappa shape index (κ1) is 20.7. The van der Waals surface area contributed by atoms with Crippen LogP contribution in [-0.4, -0.2) is 32.8 Å². The molecule has 0 unspecified atom stereocenters. The number of hydrogen-bond donors (Lipinski definition) is 4. The van der Waals surface area contributed by atoms with Crippen LogP contribution in [0, 0.1) is 6.92 Å². The van der Waals surface area contributed by atoms with Gasteiger partial charge in [0.2, 0.25) is 5.91 Å². The molecular weight excluding hydrogens is 414 g/mol. The third kappa shape index (κ3) is 4.95. The lowest BCUT2D eigenvalue weighted by Gasteiger charge is -2.19. The van der Waals surface area contributed by atoms with Crippen LogP contribution in [0.4, 0.5) is 0 Å². The number of amides is 2. The van der Waals surface area contributed by atoms with Gasteiger partial charge in [-0.05, 0) is 53.9 Å². The monoisotopic (exact) mass is 435 g/mol. The Morgan fingerprint density at radius 1 is 1.06 bits per heavy atom. The van der Waals surface area contributed by atoms with Gasteiger partial charge in [-0.1, -0.05) is 23.7 Å². The molecule has 8 heteroatoms. The molecule has 4 aromatic rings. The molecule has 1 aromatic carbocycles. The van der Waals surface area contributed by atoms with Gasteiger partial charge in [-0.2, -0.15) is 0 Å². The molecule has 0 spiro atoms. The summed E-state index contributed by atoms with van der Waals surface area (Å²) in [7, 11) is 0. The van der Waals surface area contributed by atoms with Gasteiger partial charge in [0.15, 0.2) is 0 Å². The zero-order chi connectivity index (χ0) is 21.8. The summed E-state index contributed by atoms with van der Waals surface area (Å²) < 4.78 is 0. The van der Waals surface area contributed by atoms with Gasteiger partial charge >= 0.3 is 0 Å². The van der Waals surface area contributed by atoms with E-state index in [1.807, 2.05) is 43.5 Å². The second-order valence-electron chi connectivity index (χ2n) is 7.37. The molecule has 0 aliphatic carbocycles. The Labute approximate surface area is 184 Å². The van der Waals surface area contributed by atoms with Crippen molar-refractivity contribution in [1.82, 2.24) is 25.6 Å². The first-order valence-corrected chi connectivity index (χ1v) is 10.3. The lowest BCUT2D eigenvalue weighted by atomic mass is 10.0. The van der Waals surface area contributed by atoms with Crippen LogP contribution in [0.3, 0.4) is 0 Å². The van der Waals surface area contributed by atoms with Crippen LogP contribution in [-0.2, 0) is 17.8 Å². The fraction of sp³-hybridized carbons (Fsp3) is 0.174. The highest BCUT2D eigenvalue weighted by atomic mass is 35.5. The Morgan fingerprint density at radius 3 is 2.58 bits per heavy atom. The summed E-state index contributed by atoms with van der Waals surface area (Å²) in [5.74, 6) is -0.603. The van der Waals surface area contributed by atoms with Crippen LogP contribution in [0.2, 0.25) is 5.02 Å². The molecule has 0 radical (unpaired) electrons. The fourth-order valence-corrected chi connectivity index (χ4v) is 3.51. The van der Waals surface area contributed by atoms with Gasteiger partial charge in [-0.25, -0.2) is 4.98 Å². The zero-order valence-electron chi connectivity index (χ0n) is 16.9. The van der Waals surface area contributed by atoms with Crippen LogP contribution in [0.25, 0.3) is 11.0 Å². The number of rotatable bonds is 7. The Kier molecular flexibility index (Phi) is 6.04. The van der Waals surface area contributed by atoms with E-state index in [4.69, 9.17) is 11.6 Å². The Hall–Kier alpha value is -3.58. The molecular formula is C23H22ClN5O2. The summed E-state index contributed by atoms with van der Waals surface area (Å²) in [4.78, 5) is 36.0. The summed E-state index contributed by atoms with van der Waals surface area (Å²) in [6.45, 7) is 2.14. The smallest absolute Gasteiger partial charge is 0.268 e. The number of hydrogen-bond acceptors (Lipinski definition) is 3. The highest BCUT2D eigenvalue weighted by molar-refractivity contribution is 6.30. The number of aromatic amines is 2. The van der Waals surface area contributed by atoms with Gasteiger partial charge in [-0.15, -0.1) is 0 Å². The van der Waals surface area contributed by atoms with E-state index in [1.54, 1.807) is 24.5 Å². The summed E-state index contributed by atoms with van der Waals surface area (Å²) in [5.41, 5.74) is 3.81. The fourth-order valence-electron chi connectivity index (χ4n) is 3.38. The van der Waals surface area contributed by atoms with Crippen molar-refractivity contribution in [3.63, 3.8) is 0 Å². The van der Waals surface area contributed by atoms with Crippen molar-refractivity contribution >= 4 is 34.4 Å². The molecule has 0 fully saturated rings. The Bertz CT molecular complexity index is 1210. The summed E-state index contributed by atoms with van der Waals surface area (Å²) in [6.07, 6.45) is 5.57. The Morgan fingerprint density at radius 2 is 1.84 bits per heavy atom. The average Bonchev–Trinajstić information content (AvgIpc) is 3.41. The maximum absolute atomic E-state index is 13.0. The van der Waals surface area contributed by atoms with E-state index in [1.165, 1.54) is 0 Å². The van der Waals surface area contributed by atoms with Crippen molar-refractivity contribution in [3.05, 3.63) is 88.5 Å². The molecule has 4 N–H and O–H groups in total. The molecule has 0 saturated carbocycles. The van der Waals surface area contributed by atoms with E-state index in [9.17, 15) is 9.59 Å². The average molecular weight is 436 g/mol. The van der Waals surface area contributed by atoms with Gasteiger partial charge in [0.05, 0.1) is 0 Å². The number of aryl methyl sites for hydroxylation is 1. The van der Waals surface area contributed by atoms with Crippen molar-refractivity contribution < 1.29 is 9.59 Å². The van der Waals surface area contributed by atoms with E-state index in [2.05, 4.69) is 25.6 Å². The normalized spacial score (nSPS) is 11.9. The number of fused-ring (bicyclic) bond motifs is 1. The number of aromatic nitrogens is 3. The molecule has 4 rings (SSSR count). The minimum atomic E-state index is -0.750. The molecule has 2 amide bonds. The maximum Gasteiger partial charge on any atom is 0.268 e. The Balaban J connectivity index is 1.48. The van der Waals surface area contributed by atoms with Crippen molar-refractivity contribution in [2.75, 3.05) is 0 Å². The molecule has 0 aliphatic heterocycles. The van der Waals surface area contributed by atoms with Gasteiger partial charge in [0, 0.05) is 42.0 Å². The lowest BCUT2D eigenvalue weighted by Crippen LogP contribution is -2.48. The van der Waals surface area contributed by atoms with E-state index in [-0.39, 0.29) is 11.8 Å². The predicted octanol–water partition coefficient (Wildman–Crippen LogP) is 3.51. The van der Waals surface area contributed by atoms with Crippen LogP contribution >= 0.6 is 11.6 Å². The lowest BCUT2D eigenvalue weighted by molar-refractivity contribution is -0.123. The second-order valence-corrected chi connectivity index (χ2v) is 7.81. The first-order valence-electron chi connectivity index (χ1n) is 9.88. The van der Waals surface area contributed by atoms with Crippen LogP contribution in [0.1, 0.15) is 27.2 Å². The molecule has 1 atom stereocenters. The first-order chi connectivity index (χ1) is 15.0. The summed E-state index contributed by atoms with van der Waals surface area (Å²) in [5, 5.41) is 7.35. The van der Waals surface area contributed by atoms with Crippen LogP contribution < -0.4 is 10.6 Å². The number of pyridine rings is 1. The highest BCUT2D eigenvalue weighted by Gasteiger charge is 2.23. The maximum atomic E-state index is 13.0. The summed E-state index contributed by atoms with van der Waals surface area (Å²) >= 11 is 5.97. The predicted molar refractivity (Wildman–Crippen MR) is 120 cm³/mol. The minimum Gasteiger partial charge on any atom is -0.357 e. The van der Waals surface area contributed by atoms with Crippen molar-refractivity contribution in [2.24, 2.45) is 0 Å². The number of benzene rings is 1. The second kappa shape index (κ2) is 9.06. The quantitative estimate of drug-likeness (QED) is 0.357. The number of nitrogens with one attached hydrogen (secondary N) is 4. The highest BCUT2D eigenvalue weighted by Crippen LogP contribution is 2.13. The molecule has 7 nitrogen and oxygen atoms in total. The third-order valence-corrected chi connectivity index (χ3v) is 5.33. The zero-order valence-corrected chi connectivity index (χ0v) is 17.7. The standard InChI is InChI=1S/C23H22ClN5O2/c1-14-6-8-25-20(14)23(31)29-19(11-15-2-4-18(24)5-3-15)22(30)28-13-16-10-17-7-9-26-21(17)27-12-16/h2-10,12,19,25H,11,13H2,1H3,(H,26,27)(H,28,30)(H,29,31)/t19-/m0/s1. The van der Waals surface area contributed by atoms with Gasteiger partial charge in [-0.3, -0.25) is 9.59 Å². The molecule has 3 aromatic heterocycles. The number of carbonyl (C=O) groups excluding carboxylic acids is 2. The van der Waals surface area contributed by atoms with Crippen LogP contribution in [0.5, 0.6) is 0 Å². The number of H-pyrrole nitrogens is 2. The SMILES string of the molecule is Cc1cc[nH]c1C(=O)N[C@@H](Cc1ccc(Cl)cc1)C(=O)NCc1cnc2[nH]ccc2c1. The molecule has 3 heterocycles. The van der Waals surface area contributed by atoms with Crippen molar-refractivity contribution in [2.45, 2.75) is 25.9 Å². The van der Waals surface area contributed by atoms with Gasteiger partial charge < -0.3 is 20.6 Å². The third-order valence-electron chi connectivity index (χ3n) is 5.08. The molecule has 0 bridgehead atoms. The molecule has 31 heavy (non-hydrogen) atoms. The topological polar surface area (TPSA) is 103 Å².